The van der Waals surface area contributed by atoms with E-state index in [-0.39, 0.29) is 11.9 Å². The van der Waals surface area contributed by atoms with Gasteiger partial charge in [0.25, 0.3) is 0 Å². The second-order valence-corrected chi connectivity index (χ2v) is 5.40. The quantitative estimate of drug-likeness (QED) is 0.839. The Morgan fingerprint density at radius 1 is 1.48 bits per heavy atom. The van der Waals surface area contributed by atoms with Crippen molar-refractivity contribution >= 4 is 23.3 Å². The predicted molar refractivity (Wildman–Crippen MR) is 81.5 cm³/mol. The van der Waals surface area contributed by atoms with E-state index in [2.05, 4.69) is 22.2 Å². The first-order valence-corrected chi connectivity index (χ1v) is 7.63. The van der Waals surface area contributed by atoms with Crippen LogP contribution >= 0.6 is 11.6 Å². The Morgan fingerprint density at radius 2 is 2.19 bits per heavy atom. The molecule has 1 amide bonds. The van der Waals surface area contributed by atoms with Crippen LogP contribution in [0, 0.1) is 0 Å². The molecule has 1 aliphatic rings. The maximum atomic E-state index is 12.4. The molecule has 2 rings (SSSR count). The van der Waals surface area contributed by atoms with E-state index >= 15 is 0 Å². The second-order valence-electron chi connectivity index (χ2n) is 5.05. The highest BCUT2D eigenvalue weighted by Crippen LogP contribution is 2.22. The van der Waals surface area contributed by atoms with E-state index in [1.165, 1.54) is 6.33 Å². The fourth-order valence-corrected chi connectivity index (χ4v) is 2.54. The number of ether oxygens (including phenoxy) is 1. The van der Waals surface area contributed by atoms with Gasteiger partial charge in [-0.3, -0.25) is 4.79 Å². The third-order valence-corrected chi connectivity index (χ3v) is 3.76. The Labute approximate surface area is 129 Å². The lowest BCUT2D eigenvalue weighted by molar-refractivity contribution is -0.135. The average molecular weight is 313 g/mol. The minimum atomic E-state index is -0.357. The molecule has 0 aromatic carbocycles. The average Bonchev–Trinajstić information content (AvgIpc) is 2.51. The summed E-state index contributed by atoms with van der Waals surface area (Å²) < 4.78 is 5.26. The van der Waals surface area contributed by atoms with E-state index in [0.717, 1.165) is 18.4 Å². The lowest BCUT2D eigenvalue weighted by Crippen LogP contribution is -2.47. The van der Waals surface area contributed by atoms with Crippen LogP contribution in [0.5, 0.6) is 0 Å². The molecule has 0 saturated carbocycles. The van der Waals surface area contributed by atoms with Gasteiger partial charge in [-0.25, -0.2) is 9.97 Å². The molecule has 1 fully saturated rings. The number of hydrogen-bond acceptors (Lipinski definition) is 5. The third-order valence-electron chi connectivity index (χ3n) is 3.44. The van der Waals surface area contributed by atoms with Crippen LogP contribution in [0.1, 0.15) is 25.8 Å². The Hall–Kier alpha value is -1.40. The summed E-state index contributed by atoms with van der Waals surface area (Å²) in [7, 11) is 0. The zero-order valence-corrected chi connectivity index (χ0v) is 13.2. The normalized spacial score (nSPS) is 16.6. The zero-order chi connectivity index (χ0) is 15.2. The van der Waals surface area contributed by atoms with Gasteiger partial charge in [0.05, 0.1) is 13.2 Å². The predicted octanol–water partition coefficient (Wildman–Crippen LogP) is 1.74. The number of morpholine rings is 1. The van der Waals surface area contributed by atoms with Crippen LogP contribution in [0.15, 0.2) is 6.33 Å². The van der Waals surface area contributed by atoms with Gasteiger partial charge in [-0.05, 0) is 13.3 Å². The van der Waals surface area contributed by atoms with Gasteiger partial charge in [-0.1, -0.05) is 24.9 Å². The standard InChI is InChI=1S/C14H21ClN4O2/c1-3-4-11-12(15)16-9-17-13(11)18-10(2)14(20)19-5-7-21-8-6-19/h9-10H,3-8H2,1-2H3,(H,16,17,18). The van der Waals surface area contributed by atoms with E-state index in [1.54, 1.807) is 0 Å². The monoisotopic (exact) mass is 312 g/mol. The molecule has 2 heterocycles. The summed E-state index contributed by atoms with van der Waals surface area (Å²) in [5.74, 6) is 0.696. The van der Waals surface area contributed by atoms with E-state index in [1.807, 2.05) is 11.8 Å². The summed E-state index contributed by atoms with van der Waals surface area (Å²) >= 11 is 6.12. The van der Waals surface area contributed by atoms with Crippen LogP contribution in [0.4, 0.5) is 5.82 Å². The van der Waals surface area contributed by atoms with Crippen LogP contribution < -0.4 is 5.32 Å². The number of aromatic nitrogens is 2. The molecule has 0 spiro atoms. The molecule has 1 unspecified atom stereocenters. The van der Waals surface area contributed by atoms with Gasteiger partial charge in [-0.2, -0.15) is 0 Å². The molecule has 7 heteroatoms. The van der Waals surface area contributed by atoms with Crippen molar-refractivity contribution in [3.63, 3.8) is 0 Å². The Bertz CT molecular complexity index is 492. The second kappa shape index (κ2) is 7.56. The number of rotatable bonds is 5. The van der Waals surface area contributed by atoms with Crippen molar-refractivity contribution in [2.45, 2.75) is 32.7 Å². The minimum Gasteiger partial charge on any atom is -0.378 e. The third kappa shape index (κ3) is 4.04. The zero-order valence-electron chi connectivity index (χ0n) is 12.4. The summed E-state index contributed by atoms with van der Waals surface area (Å²) in [4.78, 5) is 22.4. The lowest BCUT2D eigenvalue weighted by atomic mass is 10.1. The molecule has 1 aliphatic heterocycles. The SMILES string of the molecule is CCCc1c(Cl)ncnc1NC(C)C(=O)N1CCOCC1. The van der Waals surface area contributed by atoms with E-state index in [0.29, 0.717) is 37.3 Å². The van der Waals surface area contributed by atoms with E-state index < -0.39 is 0 Å². The van der Waals surface area contributed by atoms with Crippen molar-refractivity contribution < 1.29 is 9.53 Å². The molecular weight excluding hydrogens is 292 g/mol. The molecule has 21 heavy (non-hydrogen) atoms. The summed E-state index contributed by atoms with van der Waals surface area (Å²) in [6, 6.07) is -0.357. The van der Waals surface area contributed by atoms with E-state index in [4.69, 9.17) is 16.3 Å². The summed E-state index contributed by atoms with van der Waals surface area (Å²) in [5.41, 5.74) is 0.864. The summed E-state index contributed by atoms with van der Waals surface area (Å²) in [6.07, 6.45) is 3.13. The highest BCUT2D eigenvalue weighted by Gasteiger charge is 2.23. The van der Waals surface area contributed by atoms with Crippen LogP contribution in [0.25, 0.3) is 0 Å². The van der Waals surface area contributed by atoms with Gasteiger partial charge in [0.15, 0.2) is 0 Å². The fraction of sp³-hybridized carbons (Fsp3) is 0.643. The number of carbonyl (C=O) groups is 1. The van der Waals surface area contributed by atoms with Crippen molar-refractivity contribution in [1.29, 1.82) is 0 Å². The first-order valence-electron chi connectivity index (χ1n) is 7.26. The van der Waals surface area contributed by atoms with Crippen LogP contribution in [-0.2, 0) is 16.0 Å². The maximum absolute atomic E-state index is 12.4. The molecule has 1 aromatic rings. The number of nitrogens with zero attached hydrogens (tertiary/aromatic N) is 3. The topological polar surface area (TPSA) is 67.4 Å². The van der Waals surface area contributed by atoms with Crippen LogP contribution in [0.2, 0.25) is 5.15 Å². The van der Waals surface area contributed by atoms with Crippen molar-refractivity contribution in [3.8, 4) is 0 Å². The maximum Gasteiger partial charge on any atom is 0.244 e. The van der Waals surface area contributed by atoms with Crippen molar-refractivity contribution in [1.82, 2.24) is 14.9 Å². The van der Waals surface area contributed by atoms with Gasteiger partial charge in [0, 0.05) is 18.7 Å². The largest absolute Gasteiger partial charge is 0.378 e. The fourth-order valence-electron chi connectivity index (χ4n) is 2.31. The molecule has 1 saturated heterocycles. The highest BCUT2D eigenvalue weighted by molar-refractivity contribution is 6.30. The van der Waals surface area contributed by atoms with Gasteiger partial charge in [-0.15, -0.1) is 0 Å². The van der Waals surface area contributed by atoms with Gasteiger partial charge >= 0.3 is 0 Å². The highest BCUT2D eigenvalue weighted by atomic mass is 35.5. The number of halogens is 1. The minimum absolute atomic E-state index is 0.0514. The van der Waals surface area contributed by atoms with Gasteiger partial charge < -0.3 is 15.0 Å². The summed E-state index contributed by atoms with van der Waals surface area (Å²) in [6.45, 7) is 6.37. The van der Waals surface area contributed by atoms with Crippen molar-refractivity contribution in [2.24, 2.45) is 0 Å². The number of nitrogens with one attached hydrogen (secondary N) is 1. The van der Waals surface area contributed by atoms with Crippen LogP contribution in [-0.4, -0.2) is 53.1 Å². The Balaban J connectivity index is 2.06. The first-order chi connectivity index (χ1) is 10.1. The van der Waals surface area contributed by atoms with Crippen molar-refractivity contribution in [3.05, 3.63) is 17.0 Å². The van der Waals surface area contributed by atoms with Gasteiger partial charge in [0.1, 0.15) is 23.3 Å². The molecule has 116 valence electrons. The Morgan fingerprint density at radius 3 is 2.86 bits per heavy atom. The smallest absolute Gasteiger partial charge is 0.244 e. The molecule has 1 aromatic heterocycles. The first kappa shape index (κ1) is 16.0. The molecule has 1 atom stereocenters. The molecule has 6 nitrogen and oxygen atoms in total. The molecular formula is C14H21ClN4O2. The molecule has 0 aliphatic carbocycles. The number of anilines is 1. The Kier molecular flexibility index (Phi) is 5.76. The van der Waals surface area contributed by atoms with Crippen LogP contribution in [0.3, 0.4) is 0 Å². The molecule has 0 radical (unpaired) electrons. The summed E-state index contributed by atoms with van der Waals surface area (Å²) in [5, 5.41) is 3.61. The molecule has 1 N–H and O–H groups in total. The number of hydrogen-bond donors (Lipinski definition) is 1. The number of amides is 1. The van der Waals surface area contributed by atoms with Crippen molar-refractivity contribution in [2.75, 3.05) is 31.6 Å². The molecule has 0 bridgehead atoms. The van der Waals surface area contributed by atoms with Gasteiger partial charge in [0.2, 0.25) is 5.91 Å². The van der Waals surface area contributed by atoms with E-state index in [9.17, 15) is 4.79 Å². The lowest BCUT2D eigenvalue weighted by Gasteiger charge is -2.29. The number of carbonyl (C=O) groups excluding carboxylic acids is 1.